The lowest BCUT2D eigenvalue weighted by molar-refractivity contribution is 0.280. The van der Waals surface area contributed by atoms with E-state index >= 15 is 0 Å². The van der Waals surface area contributed by atoms with Crippen LogP contribution in [0.5, 0.6) is 5.75 Å². The molecule has 0 aromatic heterocycles. The van der Waals surface area contributed by atoms with Gasteiger partial charge >= 0.3 is 0 Å². The zero-order valence-corrected chi connectivity index (χ0v) is 12.1. The molecule has 0 aliphatic heterocycles. The van der Waals surface area contributed by atoms with Crippen molar-refractivity contribution in [1.29, 1.82) is 0 Å². The summed E-state index contributed by atoms with van der Waals surface area (Å²) in [5.41, 5.74) is 0.132. The van der Waals surface area contributed by atoms with Crippen LogP contribution >= 0.6 is 15.9 Å². The van der Waals surface area contributed by atoms with Gasteiger partial charge in [-0.15, -0.1) is 0 Å². The van der Waals surface area contributed by atoms with Crippen molar-refractivity contribution >= 4 is 15.9 Å². The van der Waals surface area contributed by atoms with Crippen molar-refractivity contribution in [3.8, 4) is 5.75 Å². The van der Waals surface area contributed by atoms with Crippen molar-refractivity contribution in [2.75, 3.05) is 13.2 Å². The fourth-order valence-corrected chi connectivity index (χ4v) is 1.61. The first kappa shape index (κ1) is 14.5. The average molecular weight is 304 g/mol. The van der Waals surface area contributed by atoms with Crippen molar-refractivity contribution in [2.24, 2.45) is 0 Å². The maximum atomic E-state index is 13.0. The summed E-state index contributed by atoms with van der Waals surface area (Å²) in [5, 5.41) is 3.39. The number of benzene rings is 1. The van der Waals surface area contributed by atoms with Crippen LogP contribution in [0.3, 0.4) is 0 Å². The molecule has 1 rings (SSSR count). The van der Waals surface area contributed by atoms with Gasteiger partial charge in [0.1, 0.15) is 18.2 Å². The molecule has 0 aliphatic carbocycles. The molecule has 0 aliphatic rings. The summed E-state index contributed by atoms with van der Waals surface area (Å²) in [5.74, 6) is 0.400. The Balaban J connectivity index is 2.34. The van der Waals surface area contributed by atoms with E-state index in [1.165, 1.54) is 6.07 Å². The van der Waals surface area contributed by atoms with Gasteiger partial charge in [-0.3, -0.25) is 0 Å². The van der Waals surface area contributed by atoms with Gasteiger partial charge < -0.3 is 10.1 Å². The maximum absolute atomic E-state index is 13.0. The molecule has 0 atom stereocenters. The van der Waals surface area contributed by atoms with Crippen molar-refractivity contribution in [2.45, 2.75) is 32.7 Å². The monoisotopic (exact) mass is 303 g/mol. The Hall–Kier alpha value is -0.610. The van der Waals surface area contributed by atoms with E-state index in [0.29, 0.717) is 16.8 Å². The summed E-state index contributed by atoms with van der Waals surface area (Å²) in [4.78, 5) is 0. The van der Waals surface area contributed by atoms with Crippen LogP contribution in [0.4, 0.5) is 4.39 Å². The number of hydrogen-bond donors (Lipinski definition) is 1. The third-order valence-corrected chi connectivity index (χ3v) is 3.36. The molecule has 17 heavy (non-hydrogen) atoms. The molecule has 1 aromatic rings. The fourth-order valence-electron chi connectivity index (χ4n) is 1.25. The number of rotatable bonds is 6. The predicted octanol–water partition coefficient (Wildman–Crippen LogP) is 3.75. The van der Waals surface area contributed by atoms with Crippen LogP contribution in [0.25, 0.3) is 0 Å². The highest BCUT2D eigenvalue weighted by Crippen LogP contribution is 2.21. The minimum absolute atomic E-state index is 0.132. The lowest BCUT2D eigenvalue weighted by Gasteiger charge is -2.24. The largest absolute Gasteiger partial charge is 0.492 e. The van der Waals surface area contributed by atoms with Crippen LogP contribution < -0.4 is 10.1 Å². The zero-order chi connectivity index (χ0) is 12.9. The Labute approximate surface area is 111 Å². The Morgan fingerprint density at radius 3 is 2.71 bits per heavy atom. The maximum Gasteiger partial charge on any atom is 0.137 e. The molecule has 2 nitrogen and oxygen atoms in total. The van der Waals surface area contributed by atoms with E-state index in [0.717, 1.165) is 13.0 Å². The standard InChI is InChI=1S/C13H19BrFNO/c1-4-13(2,3)16-7-8-17-10-5-6-12(15)11(14)9-10/h5-6,9,16H,4,7-8H2,1-3H3. The molecule has 0 saturated heterocycles. The minimum atomic E-state index is -0.275. The van der Waals surface area contributed by atoms with E-state index in [4.69, 9.17) is 4.74 Å². The summed E-state index contributed by atoms with van der Waals surface area (Å²) < 4.78 is 18.9. The van der Waals surface area contributed by atoms with E-state index in [1.54, 1.807) is 12.1 Å². The molecule has 1 aromatic carbocycles. The van der Waals surface area contributed by atoms with Gasteiger partial charge in [0.2, 0.25) is 0 Å². The number of hydrogen-bond acceptors (Lipinski definition) is 2. The molecular weight excluding hydrogens is 285 g/mol. The number of halogens is 2. The summed E-state index contributed by atoms with van der Waals surface area (Å²) in [7, 11) is 0. The van der Waals surface area contributed by atoms with E-state index < -0.39 is 0 Å². The fraction of sp³-hybridized carbons (Fsp3) is 0.538. The first-order chi connectivity index (χ1) is 7.94. The molecule has 0 unspecified atom stereocenters. The van der Waals surface area contributed by atoms with E-state index in [2.05, 4.69) is 42.0 Å². The van der Waals surface area contributed by atoms with Crippen molar-refractivity contribution < 1.29 is 9.13 Å². The SMILES string of the molecule is CCC(C)(C)NCCOc1ccc(F)c(Br)c1. The second-order valence-electron chi connectivity index (χ2n) is 4.59. The Bertz CT molecular complexity index is 368. The lowest BCUT2D eigenvalue weighted by Crippen LogP contribution is -2.40. The van der Waals surface area contributed by atoms with Gasteiger partial charge in [-0.1, -0.05) is 6.92 Å². The predicted molar refractivity (Wildman–Crippen MR) is 72.0 cm³/mol. The molecule has 0 spiro atoms. The Kier molecular flexibility index (Phi) is 5.40. The molecule has 0 heterocycles. The third-order valence-electron chi connectivity index (χ3n) is 2.75. The molecular formula is C13H19BrFNO. The van der Waals surface area contributed by atoms with Gasteiger partial charge in [0.05, 0.1) is 4.47 Å². The molecule has 0 radical (unpaired) electrons. The molecule has 0 bridgehead atoms. The molecule has 0 fully saturated rings. The minimum Gasteiger partial charge on any atom is -0.492 e. The van der Waals surface area contributed by atoms with Crippen molar-refractivity contribution in [1.82, 2.24) is 5.32 Å². The first-order valence-electron chi connectivity index (χ1n) is 5.77. The van der Waals surface area contributed by atoms with Crippen LogP contribution in [-0.4, -0.2) is 18.7 Å². The Morgan fingerprint density at radius 2 is 2.12 bits per heavy atom. The van der Waals surface area contributed by atoms with Gasteiger partial charge in [0.25, 0.3) is 0 Å². The average Bonchev–Trinajstić information content (AvgIpc) is 2.29. The highest BCUT2D eigenvalue weighted by atomic mass is 79.9. The summed E-state index contributed by atoms with van der Waals surface area (Å²) in [6, 6.07) is 4.66. The van der Waals surface area contributed by atoms with Gasteiger partial charge in [-0.2, -0.15) is 0 Å². The molecule has 0 amide bonds. The number of nitrogens with one attached hydrogen (secondary N) is 1. The lowest BCUT2D eigenvalue weighted by atomic mass is 10.0. The second kappa shape index (κ2) is 6.36. The van der Waals surface area contributed by atoms with Crippen LogP contribution in [-0.2, 0) is 0 Å². The van der Waals surface area contributed by atoms with E-state index in [1.807, 2.05) is 0 Å². The van der Waals surface area contributed by atoms with Gasteiger partial charge in [0.15, 0.2) is 0 Å². The zero-order valence-electron chi connectivity index (χ0n) is 10.5. The van der Waals surface area contributed by atoms with Crippen molar-refractivity contribution in [3.63, 3.8) is 0 Å². The quantitative estimate of drug-likeness (QED) is 0.808. The van der Waals surface area contributed by atoms with Crippen LogP contribution in [0.1, 0.15) is 27.2 Å². The third kappa shape index (κ3) is 5.04. The highest BCUT2D eigenvalue weighted by Gasteiger charge is 2.12. The summed E-state index contributed by atoms with van der Waals surface area (Å²) in [6.07, 6.45) is 1.06. The van der Waals surface area contributed by atoms with Gasteiger partial charge in [-0.25, -0.2) is 4.39 Å². The topological polar surface area (TPSA) is 21.3 Å². The number of ether oxygens (including phenoxy) is 1. The second-order valence-corrected chi connectivity index (χ2v) is 5.44. The molecule has 4 heteroatoms. The van der Waals surface area contributed by atoms with E-state index in [9.17, 15) is 4.39 Å². The van der Waals surface area contributed by atoms with Crippen LogP contribution in [0, 0.1) is 5.82 Å². The summed E-state index contributed by atoms with van der Waals surface area (Å²) >= 11 is 3.13. The van der Waals surface area contributed by atoms with Crippen LogP contribution in [0.2, 0.25) is 0 Å². The highest BCUT2D eigenvalue weighted by molar-refractivity contribution is 9.10. The first-order valence-corrected chi connectivity index (χ1v) is 6.57. The Morgan fingerprint density at radius 1 is 1.41 bits per heavy atom. The molecule has 0 saturated carbocycles. The normalized spacial score (nSPS) is 11.6. The molecule has 96 valence electrons. The summed E-state index contributed by atoms with van der Waals surface area (Å²) in [6.45, 7) is 7.80. The van der Waals surface area contributed by atoms with Gasteiger partial charge in [-0.05, 0) is 54.4 Å². The molecule has 1 N–H and O–H groups in total. The van der Waals surface area contributed by atoms with E-state index in [-0.39, 0.29) is 11.4 Å². The van der Waals surface area contributed by atoms with Crippen molar-refractivity contribution in [3.05, 3.63) is 28.5 Å². The smallest absolute Gasteiger partial charge is 0.137 e. The van der Waals surface area contributed by atoms with Crippen LogP contribution in [0.15, 0.2) is 22.7 Å². The van der Waals surface area contributed by atoms with Gasteiger partial charge in [0, 0.05) is 12.1 Å².